The van der Waals surface area contributed by atoms with E-state index in [1.165, 1.54) is 18.4 Å². The van der Waals surface area contributed by atoms with Crippen LogP contribution in [0.5, 0.6) is 0 Å². The van der Waals surface area contributed by atoms with E-state index >= 15 is 0 Å². The van der Waals surface area contributed by atoms with E-state index in [1.807, 2.05) is 0 Å². The van der Waals surface area contributed by atoms with Gasteiger partial charge in [-0.2, -0.15) is 0 Å². The number of rotatable bonds is 4. The van der Waals surface area contributed by atoms with Crippen molar-refractivity contribution < 1.29 is 14.3 Å². The largest absolute Gasteiger partial charge is 0.465 e. The van der Waals surface area contributed by atoms with Gasteiger partial charge in [0.25, 0.3) is 0 Å². The Labute approximate surface area is 85.8 Å². The molecule has 0 radical (unpaired) electrons. The molecule has 78 valence electrons. The molecule has 14 heavy (non-hydrogen) atoms. The molecule has 0 aromatic carbocycles. The summed E-state index contributed by atoms with van der Waals surface area (Å²) in [6.07, 6.45) is 0. The summed E-state index contributed by atoms with van der Waals surface area (Å²) >= 11 is 1.24. The standard InChI is InChI=1S/C8H12N2O3S/c1-12-4-5-7(8(11)13-2)14-6(3-9)10-5/h3-4,9H2,1-2H3. The minimum absolute atomic E-state index is 0.293. The van der Waals surface area contributed by atoms with E-state index < -0.39 is 5.97 Å². The lowest BCUT2D eigenvalue weighted by Crippen LogP contribution is -2.03. The van der Waals surface area contributed by atoms with Gasteiger partial charge in [0.1, 0.15) is 9.88 Å². The van der Waals surface area contributed by atoms with Crippen LogP contribution in [0.15, 0.2) is 0 Å². The quantitative estimate of drug-likeness (QED) is 0.743. The first-order chi connectivity index (χ1) is 6.72. The van der Waals surface area contributed by atoms with Crippen LogP contribution in [0.4, 0.5) is 0 Å². The van der Waals surface area contributed by atoms with Gasteiger partial charge in [-0.3, -0.25) is 0 Å². The molecule has 0 saturated heterocycles. The fraction of sp³-hybridized carbons (Fsp3) is 0.500. The molecule has 1 aromatic heterocycles. The Morgan fingerprint density at radius 1 is 1.57 bits per heavy atom. The average molecular weight is 216 g/mol. The van der Waals surface area contributed by atoms with E-state index in [9.17, 15) is 4.79 Å². The zero-order valence-corrected chi connectivity index (χ0v) is 8.89. The van der Waals surface area contributed by atoms with Gasteiger partial charge >= 0.3 is 5.97 Å². The smallest absolute Gasteiger partial charge is 0.350 e. The number of carbonyl (C=O) groups is 1. The summed E-state index contributed by atoms with van der Waals surface area (Å²) in [5.41, 5.74) is 6.01. The third-order valence-corrected chi connectivity index (χ3v) is 2.67. The second-order valence-electron chi connectivity index (χ2n) is 2.51. The highest BCUT2D eigenvalue weighted by Crippen LogP contribution is 2.19. The van der Waals surface area contributed by atoms with E-state index in [4.69, 9.17) is 10.5 Å². The zero-order chi connectivity index (χ0) is 10.6. The molecule has 0 saturated carbocycles. The maximum atomic E-state index is 11.3. The highest BCUT2D eigenvalue weighted by Gasteiger charge is 2.17. The highest BCUT2D eigenvalue weighted by atomic mass is 32.1. The van der Waals surface area contributed by atoms with Crippen LogP contribution in [0, 0.1) is 0 Å². The lowest BCUT2D eigenvalue weighted by atomic mass is 10.4. The Hall–Kier alpha value is -0.980. The molecule has 1 rings (SSSR count). The monoisotopic (exact) mass is 216 g/mol. The molecule has 0 bridgehead atoms. The first kappa shape index (κ1) is 11.1. The summed E-state index contributed by atoms with van der Waals surface area (Å²) in [6, 6.07) is 0. The number of aromatic nitrogens is 1. The first-order valence-electron chi connectivity index (χ1n) is 3.98. The second kappa shape index (κ2) is 5.04. The Balaban J connectivity index is 2.99. The summed E-state index contributed by atoms with van der Waals surface area (Å²) < 4.78 is 9.53. The van der Waals surface area contributed by atoms with Gasteiger partial charge in [-0.15, -0.1) is 11.3 Å². The van der Waals surface area contributed by atoms with Crippen LogP contribution in [-0.4, -0.2) is 25.2 Å². The predicted octanol–water partition coefficient (Wildman–Crippen LogP) is 0.535. The number of methoxy groups -OCH3 is 2. The molecule has 5 nitrogen and oxygen atoms in total. The third-order valence-electron chi connectivity index (χ3n) is 1.57. The minimum atomic E-state index is -0.394. The van der Waals surface area contributed by atoms with E-state index in [1.54, 1.807) is 7.11 Å². The fourth-order valence-electron chi connectivity index (χ4n) is 0.975. The molecule has 2 N–H and O–H groups in total. The van der Waals surface area contributed by atoms with Gasteiger partial charge in [-0.1, -0.05) is 0 Å². The van der Waals surface area contributed by atoms with Gasteiger partial charge in [-0.05, 0) is 0 Å². The van der Waals surface area contributed by atoms with Crippen molar-refractivity contribution in [1.29, 1.82) is 0 Å². The molecule has 6 heteroatoms. The second-order valence-corrected chi connectivity index (χ2v) is 3.60. The maximum Gasteiger partial charge on any atom is 0.350 e. The van der Waals surface area contributed by atoms with Crippen molar-refractivity contribution in [2.24, 2.45) is 5.73 Å². The van der Waals surface area contributed by atoms with Crippen molar-refractivity contribution in [2.75, 3.05) is 14.2 Å². The van der Waals surface area contributed by atoms with Crippen LogP contribution in [-0.2, 0) is 22.6 Å². The van der Waals surface area contributed by atoms with Gasteiger partial charge in [0.2, 0.25) is 0 Å². The van der Waals surface area contributed by atoms with Crippen LogP contribution in [0.3, 0.4) is 0 Å². The van der Waals surface area contributed by atoms with Crippen LogP contribution in [0.1, 0.15) is 20.4 Å². The minimum Gasteiger partial charge on any atom is -0.465 e. The third kappa shape index (κ3) is 2.28. The van der Waals surface area contributed by atoms with Crippen LogP contribution >= 0.6 is 11.3 Å². The Bertz CT molecular complexity index is 324. The predicted molar refractivity (Wildman–Crippen MR) is 52.1 cm³/mol. The topological polar surface area (TPSA) is 74.4 Å². The maximum absolute atomic E-state index is 11.3. The first-order valence-corrected chi connectivity index (χ1v) is 4.80. The molecule has 0 spiro atoms. The highest BCUT2D eigenvalue weighted by molar-refractivity contribution is 7.13. The van der Waals surface area contributed by atoms with E-state index in [0.717, 1.165) is 0 Å². The summed E-state index contributed by atoms with van der Waals surface area (Å²) in [4.78, 5) is 15.9. The van der Waals surface area contributed by atoms with Gasteiger partial charge in [0.15, 0.2) is 0 Å². The zero-order valence-electron chi connectivity index (χ0n) is 8.07. The van der Waals surface area contributed by atoms with E-state index in [2.05, 4.69) is 9.72 Å². The Morgan fingerprint density at radius 3 is 2.79 bits per heavy atom. The normalized spacial score (nSPS) is 10.2. The van der Waals surface area contributed by atoms with E-state index in [0.29, 0.717) is 28.7 Å². The number of esters is 1. The van der Waals surface area contributed by atoms with Crippen molar-refractivity contribution >= 4 is 17.3 Å². The SMILES string of the molecule is COCc1nc(CN)sc1C(=O)OC. The molecule has 0 aliphatic heterocycles. The van der Waals surface area contributed by atoms with Crippen molar-refractivity contribution in [3.8, 4) is 0 Å². The lowest BCUT2D eigenvalue weighted by molar-refractivity contribution is 0.0601. The molecule has 1 aromatic rings. The number of hydrogen-bond acceptors (Lipinski definition) is 6. The van der Waals surface area contributed by atoms with Crippen LogP contribution in [0.25, 0.3) is 0 Å². The van der Waals surface area contributed by atoms with Gasteiger partial charge in [-0.25, -0.2) is 9.78 Å². The van der Waals surface area contributed by atoms with Crippen molar-refractivity contribution in [3.05, 3.63) is 15.6 Å². The van der Waals surface area contributed by atoms with Gasteiger partial charge in [0.05, 0.1) is 19.4 Å². The molecule has 0 aliphatic rings. The van der Waals surface area contributed by atoms with Gasteiger partial charge in [0, 0.05) is 13.7 Å². The Kier molecular flexibility index (Phi) is 3.99. The van der Waals surface area contributed by atoms with Crippen molar-refractivity contribution in [3.63, 3.8) is 0 Å². The fourth-order valence-corrected chi connectivity index (χ4v) is 1.84. The average Bonchev–Trinajstić information content (AvgIpc) is 2.61. The summed E-state index contributed by atoms with van der Waals surface area (Å²) in [5.74, 6) is -0.394. The number of thiazole rings is 1. The molecular formula is C8H12N2O3S. The molecule has 0 unspecified atom stereocenters. The molecule has 0 fully saturated rings. The van der Waals surface area contributed by atoms with Crippen LogP contribution in [0.2, 0.25) is 0 Å². The molecule has 0 atom stereocenters. The van der Waals surface area contributed by atoms with Crippen LogP contribution < -0.4 is 5.73 Å². The lowest BCUT2D eigenvalue weighted by Gasteiger charge is -1.97. The Morgan fingerprint density at radius 2 is 2.29 bits per heavy atom. The molecule has 0 aliphatic carbocycles. The molecular weight excluding hydrogens is 204 g/mol. The number of hydrogen-bond donors (Lipinski definition) is 1. The number of ether oxygens (including phenoxy) is 2. The molecule has 1 heterocycles. The van der Waals surface area contributed by atoms with Crippen molar-refractivity contribution in [2.45, 2.75) is 13.2 Å². The summed E-state index contributed by atoms with van der Waals surface area (Å²) in [5, 5.41) is 0.706. The number of nitrogens with zero attached hydrogens (tertiary/aromatic N) is 1. The summed E-state index contributed by atoms with van der Waals surface area (Å²) in [7, 11) is 2.88. The van der Waals surface area contributed by atoms with E-state index in [-0.39, 0.29) is 0 Å². The molecule has 0 amide bonds. The number of nitrogens with two attached hydrogens (primary N) is 1. The van der Waals surface area contributed by atoms with Crippen molar-refractivity contribution in [1.82, 2.24) is 4.98 Å². The van der Waals surface area contributed by atoms with Gasteiger partial charge < -0.3 is 15.2 Å². The summed E-state index contributed by atoms with van der Waals surface area (Å²) in [6.45, 7) is 0.610. The number of carbonyl (C=O) groups excluding carboxylic acids is 1.